The highest BCUT2D eigenvalue weighted by Crippen LogP contribution is 2.29. The Labute approximate surface area is 171 Å². The fraction of sp³-hybridized carbons (Fsp3) is 0.263. The normalized spacial score (nSPS) is 10.5. The largest absolute Gasteiger partial charge is 0.496 e. The number of nitriles is 1. The van der Waals surface area contributed by atoms with Crippen molar-refractivity contribution in [3.63, 3.8) is 0 Å². The Morgan fingerprint density at radius 2 is 2.14 bits per heavy atom. The van der Waals surface area contributed by atoms with Gasteiger partial charge in [-0.3, -0.25) is 4.79 Å². The molecule has 0 atom stereocenters. The molecule has 9 heteroatoms. The van der Waals surface area contributed by atoms with Crippen LogP contribution in [0.2, 0.25) is 0 Å². The number of ether oxygens (including phenoxy) is 3. The zero-order valence-corrected chi connectivity index (χ0v) is 17.2. The molecule has 0 fully saturated rings. The standard InChI is InChI=1S/C19H19BrN4O4/c1-12-18(20)15(10-26-2)14(8-21)19(23-12)28-11-17(25)24-22-9-13-6-4-5-7-16(13)27-3/h4-7,9H,10-11H2,1-3H3,(H,24,25)/b22-9+. The van der Waals surface area contributed by atoms with E-state index < -0.39 is 5.91 Å². The summed E-state index contributed by atoms with van der Waals surface area (Å²) in [5.74, 6) is 0.209. The number of carbonyl (C=O) groups is 1. The summed E-state index contributed by atoms with van der Waals surface area (Å²) >= 11 is 3.40. The number of hydrogen-bond acceptors (Lipinski definition) is 7. The van der Waals surface area contributed by atoms with Gasteiger partial charge in [0, 0.05) is 22.7 Å². The van der Waals surface area contributed by atoms with E-state index in [4.69, 9.17) is 14.2 Å². The number of nitrogens with zero attached hydrogens (tertiary/aromatic N) is 3. The quantitative estimate of drug-likeness (QED) is 0.493. The molecule has 0 radical (unpaired) electrons. The molecular formula is C19H19BrN4O4. The van der Waals surface area contributed by atoms with Crippen LogP contribution in [0.1, 0.15) is 22.4 Å². The number of hydrazone groups is 1. The lowest BCUT2D eigenvalue weighted by Gasteiger charge is -2.13. The topological polar surface area (TPSA) is 106 Å². The molecule has 0 bridgehead atoms. The van der Waals surface area contributed by atoms with Gasteiger partial charge < -0.3 is 14.2 Å². The molecule has 1 amide bonds. The predicted octanol–water partition coefficient (Wildman–Crippen LogP) is 2.71. The SMILES string of the molecule is COCc1c(Br)c(C)nc(OCC(=O)N/N=C/c2ccccc2OC)c1C#N. The zero-order valence-electron chi connectivity index (χ0n) is 15.7. The highest BCUT2D eigenvalue weighted by molar-refractivity contribution is 9.10. The Balaban J connectivity index is 2.05. The van der Waals surface area contributed by atoms with E-state index in [0.717, 1.165) is 0 Å². The lowest BCUT2D eigenvalue weighted by molar-refractivity contribution is -0.123. The Hall–Kier alpha value is -2.96. The van der Waals surface area contributed by atoms with Gasteiger partial charge in [-0.15, -0.1) is 0 Å². The summed E-state index contributed by atoms with van der Waals surface area (Å²) in [6.45, 7) is 1.62. The lowest BCUT2D eigenvalue weighted by Crippen LogP contribution is -2.25. The highest BCUT2D eigenvalue weighted by atomic mass is 79.9. The third kappa shape index (κ3) is 5.28. The number of carbonyl (C=O) groups excluding carboxylic acids is 1. The van der Waals surface area contributed by atoms with Crippen LogP contribution in [0, 0.1) is 18.3 Å². The van der Waals surface area contributed by atoms with Crippen LogP contribution in [0.4, 0.5) is 0 Å². The molecule has 1 N–H and O–H groups in total. The van der Waals surface area contributed by atoms with E-state index in [9.17, 15) is 10.1 Å². The number of nitrogens with one attached hydrogen (secondary N) is 1. The van der Waals surface area contributed by atoms with Gasteiger partial charge >= 0.3 is 0 Å². The van der Waals surface area contributed by atoms with E-state index in [1.54, 1.807) is 26.2 Å². The first kappa shape index (κ1) is 21.3. The Kier molecular flexibility index (Phi) is 7.92. The first-order chi connectivity index (χ1) is 13.5. The van der Waals surface area contributed by atoms with Crippen molar-refractivity contribution in [1.29, 1.82) is 5.26 Å². The molecule has 2 aromatic rings. The van der Waals surface area contributed by atoms with Gasteiger partial charge in [-0.05, 0) is 35.0 Å². The minimum Gasteiger partial charge on any atom is -0.496 e. The van der Waals surface area contributed by atoms with Gasteiger partial charge in [0.1, 0.15) is 17.4 Å². The van der Waals surface area contributed by atoms with E-state index in [1.165, 1.54) is 13.3 Å². The van der Waals surface area contributed by atoms with Gasteiger partial charge in [-0.2, -0.15) is 10.4 Å². The van der Waals surface area contributed by atoms with E-state index >= 15 is 0 Å². The molecule has 0 saturated carbocycles. The van der Waals surface area contributed by atoms with Gasteiger partial charge in [0.15, 0.2) is 6.61 Å². The van der Waals surface area contributed by atoms with Crippen molar-refractivity contribution in [2.24, 2.45) is 5.10 Å². The molecule has 0 aliphatic carbocycles. The van der Waals surface area contributed by atoms with Crippen molar-refractivity contribution in [1.82, 2.24) is 10.4 Å². The maximum absolute atomic E-state index is 12.0. The van der Waals surface area contributed by atoms with Gasteiger partial charge in [0.25, 0.3) is 5.91 Å². The van der Waals surface area contributed by atoms with Crippen LogP contribution >= 0.6 is 15.9 Å². The van der Waals surface area contributed by atoms with E-state index in [2.05, 4.69) is 31.4 Å². The minimum absolute atomic E-state index is 0.0686. The number of aryl methyl sites for hydroxylation is 1. The average molecular weight is 447 g/mol. The van der Waals surface area contributed by atoms with Gasteiger partial charge in [-0.25, -0.2) is 10.4 Å². The van der Waals surface area contributed by atoms with E-state index in [-0.39, 0.29) is 24.7 Å². The number of pyridine rings is 1. The first-order valence-electron chi connectivity index (χ1n) is 8.17. The number of aromatic nitrogens is 1. The first-order valence-corrected chi connectivity index (χ1v) is 8.96. The van der Waals surface area contributed by atoms with Gasteiger partial charge in [0.05, 0.1) is 25.6 Å². The summed E-state index contributed by atoms with van der Waals surface area (Å²) in [7, 11) is 3.08. The maximum Gasteiger partial charge on any atom is 0.278 e. The molecule has 28 heavy (non-hydrogen) atoms. The average Bonchev–Trinajstić information content (AvgIpc) is 2.70. The molecule has 0 aliphatic rings. The summed E-state index contributed by atoms with van der Waals surface area (Å²) in [5.41, 5.74) is 4.52. The zero-order chi connectivity index (χ0) is 20.5. The van der Waals surface area contributed by atoms with E-state index in [0.29, 0.717) is 27.0 Å². The van der Waals surface area contributed by atoms with Crippen LogP contribution in [0.15, 0.2) is 33.8 Å². The summed E-state index contributed by atoms with van der Waals surface area (Å²) < 4.78 is 16.4. The van der Waals surface area contributed by atoms with Crippen molar-refractivity contribution in [2.75, 3.05) is 20.8 Å². The van der Waals surface area contributed by atoms with Crippen LogP contribution in [-0.4, -0.2) is 37.9 Å². The molecule has 1 aromatic carbocycles. The lowest BCUT2D eigenvalue weighted by atomic mass is 10.1. The van der Waals surface area contributed by atoms with Crippen molar-refractivity contribution >= 4 is 28.1 Å². The highest BCUT2D eigenvalue weighted by Gasteiger charge is 2.18. The second kappa shape index (κ2) is 10.4. The fourth-order valence-corrected chi connectivity index (χ4v) is 2.73. The molecule has 0 unspecified atom stereocenters. The Bertz CT molecular complexity index is 925. The third-order valence-electron chi connectivity index (χ3n) is 3.64. The van der Waals surface area contributed by atoms with Crippen molar-refractivity contribution < 1.29 is 19.0 Å². The molecule has 0 spiro atoms. The second-order valence-corrected chi connectivity index (χ2v) is 6.33. The van der Waals surface area contributed by atoms with Crippen molar-refractivity contribution in [3.8, 4) is 17.7 Å². The number of methoxy groups -OCH3 is 2. The number of benzene rings is 1. The molecule has 146 valence electrons. The molecule has 0 aliphatic heterocycles. The summed E-state index contributed by atoms with van der Waals surface area (Å²) in [6, 6.07) is 9.30. The summed E-state index contributed by atoms with van der Waals surface area (Å²) in [5, 5.41) is 13.3. The second-order valence-electron chi connectivity index (χ2n) is 5.54. The fourth-order valence-electron chi connectivity index (χ4n) is 2.33. The number of amides is 1. The van der Waals surface area contributed by atoms with Crippen LogP contribution < -0.4 is 14.9 Å². The minimum atomic E-state index is -0.495. The molecular weight excluding hydrogens is 428 g/mol. The number of rotatable bonds is 8. The van der Waals surface area contributed by atoms with Crippen LogP contribution in [-0.2, 0) is 16.1 Å². The molecule has 8 nitrogen and oxygen atoms in total. The maximum atomic E-state index is 12.0. The summed E-state index contributed by atoms with van der Waals surface area (Å²) in [6.07, 6.45) is 1.47. The van der Waals surface area contributed by atoms with Crippen molar-refractivity contribution in [2.45, 2.75) is 13.5 Å². The van der Waals surface area contributed by atoms with E-state index in [1.807, 2.05) is 18.2 Å². The van der Waals surface area contributed by atoms with Gasteiger partial charge in [-0.1, -0.05) is 12.1 Å². The van der Waals surface area contributed by atoms with Crippen molar-refractivity contribution in [3.05, 3.63) is 51.1 Å². The Morgan fingerprint density at radius 1 is 1.39 bits per heavy atom. The number of hydrogen-bond donors (Lipinski definition) is 1. The number of para-hydroxylation sites is 1. The van der Waals surface area contributed by atoms with Crippen LogP contribution in [0.5, 0.6) is 11.6 Å². The predicted molar refractivity (Wildman–Crippen MR) is 106 cm³/mol. The van der Waals surface area contributed by atoms with Crippen LogP contribution in [0.3, 0.4) is 0 Å². The monoisotopic (exact) mass is 446 g/mol. The Morgan fingerprint density at radius 3 is 2.82 bits per heavy atom. The van der Waals surface area contributed by atoms with Crippen LogP contribution in [0.25, 0.3) is 0 Å². The molecule has 2 rings (SSSR count). The van der Waals surface area contributed by atoms with Gasteiger partial charge in [0.2, 0.25) is 5.88 Å². The molecule has 0 saturated heterocycles. The third-order valence-corrected chi connectivity index (χ3v) is 4.69. The smallest absolute Gasteiger partial charge is 0.278 e. The molecule has 1 heterocycles. The molecule has 1 aromatic heterocycles. The number of halogens is 1. The summed E-state index contributed by atoms with van der Waals surface area (Å²) in [4.78, 5) is 16.2.